The van der Waals surface area contributed by atoms with E-state index in [0.717, 1.165) is 23.5 Å². The van der Waals surface area contributed by atoms with Gasteiger partial charge < -0.3 is 14.8 Å². The second-order valence-electron chi connectivity index (χ2n) is 6.45. The van der Waals surface area contributed by atoms with Crippen molar-refractivity contribution in [2.75, 3.05) is 20.8 Å². The van der Waals surface area contributed by atoms with Crippen molar-refractivity contribution < 1.29 is 9.47 Å². The highest BCUT2D eigenvalue weighted by molar-refractivity contribution is 5.44. The van der Waals surface area contributed by atoms with Crippen LogP contribution in [0.2, 0.25) is 0 Å². The van der Waals surface area contributed by atoms with E-state index in [1.165, 1.54) is 50.6 Å². The second kappa shape index (κ2) is 6.69. The van der Waals surface area contributed by atoms with Gasteiger partial charge in [-0.3, -0.25) is 0 Å². The van der Waals surface area contributed by atoms with Gasteiger partial charge in [-0.25, -0.2) is 0 Å². The molecule has 21 heavy (non-hydrogen) atoms. The van der Waals surface area contributed by atoms with Crippen molar-refractivity contribution in [3.8, 4) is 11.5 Å². The summed E-state index contributed by atoms with van der Waals surface area (Å²) in [6.07, 6.45) is 8.10. The normalized spacial score (nSPS) is 25.6. The van der Waals surface area contributed by atoms with Gasteiger partial charge in [-0.05, 0) is 61.8 Å². The maximum atomic E-state index is 5.47. The van der Waals surface area contributed by atoms with Crippen LogP contribution in [0.4, 0.5) is 0 Å². The second-order valence-corrected chi connectivity index (χ2v) is 6.45. The molecular weight excluding hydrogens is 262 g/mol. The van der Waals surface area contributed by atoms with Gasteiger partial charge in [0.05, 0.1) is 14.2 Å². The van der Waals surface area contributed by atoms with E-state index >= 15 is 0 Å². The van der Waals surface area contributed by atoms with E-state index in [2.05, 4.69) is 17.4 Å². The highest BCUT2D eigenvalue weighted by Gasteiger charge is 2.29. The number of nitrogens with one attached hydrogen (secondary N) is 1. The summed E-state index contributed by atoms with van der Waals surface area (Å²) in [6.45, 7) is 1.17. The number of rotatable bonds is 6. The number of ether oxygens (including phenoxy) is 2. The summed E-state index contributed by atoms with van der Waals surface area (Å²) in [7, 11) is 3.41. The van der Waals surface area contributed by atoms with E-state index in [4.69, 9.17) is 9.47 Å². The first kappa shape index (κ1) is 14.7. The Morgan fingerprint density at radius 2 is 1.76 bits per heavy atom. The summed E-state index contributed by atoms with van der Waals surface area (Å²) < 4.78 is 10.8. The molecule has 3 heteroatoms. The van der Waals surface area contributed by atoms with E-state index in [-0.39, 0.29) is 0 Å². The quantitative estimate of drug-likeness (QED) is 0.865. The average Bonchev–Trinajstić information content (AvgIpc) is 3.37. The lowest BCUT2D eigenvalue weighted by atomic mass is 9.75. The molecule has 0 amide bonds. The summed E-state index contributed by atoms with van der Waals surface area (Å²) in [5.74, 6) is 3.10. The first-order chi connectivity index (χ1) is 10.3. The molecule has 1 aromatic carbocycles. The van der Waals surface area contributed by atoms with Gasteiger partial charge in [-0.2, -0.15) is 0 Å². The van der Waals surface area contributed by atoms with Gasteiger partial charge in [0.15, 0.2) is 11.5 Å². The van der Waals surface area contributed by atoms with Crippen LogP contribution in [0.15, 0.2) is 18.2 Å². The third-order valence-electron chi connectivity index (χ3n) is 4.99. The van der Waals surface area contributed by atoms with Crippen LogP contribution >= 0.6 is 0 Å². The lowest BCUT2D eigenvalue weighted by Crippen LogP contribution is -2.30. The maximum Gasteiger partial charge on any atom is 0.160 e. The van der Waals surface area contributed by atoms with Crippen molar-refractivity contribution in [1.29, 1.82) is 0 Å². The zero-order valence-corrected chi connectivity index (χ0v) is 13.2. The topological polar surface area (TPSA) is 30.5 Å². The van der Waals surface area contributed by atoms with Crippen molar-refractivity contribution in [3.63, 3.8) is 0 Å². The fourth-order valence-corrected chi connectivity index (χ4v) is 3.58. The Balaban J connectivity index is 1.74. The summed E-state index contributed by atoms with van der Waals surface area (Å²) in [5, 5.41) is 3.72. The highest BCUT2D eigenvalue weighted by Crippen LogP contribution is 2.40. The van der Waals surface area contributed by atoms with Crippen molar-refractivity contribution in [2.45, 2.75) is 50.5 Å². The predicted octanol–water partition coefficient (Wildman–Crippen LogP) is 3.73. The largest absolute Gasteiger partial charge is 0.493 e. The Morgan fingerprint density at radius 1 is 1.00 bits per heavy atom. The molecule has 0 aromatic heterocycles. The number of hydrogen-bond donors (Lipinski definition) is 1. The summed E-state index contributed by atoms with van der Waals surface area (Å²) in [4.78, 5) is 0. The minimum atomic E-state index is 0.657. The van der Waals surface area contributed by atoms with E-state index in [0.29, 0.717) is 5.92 Å². The van der Waals surface area contributed by atoms with Gasteiger partial charge in [-0.1, -0.05) is 18.9 Å². The Bertz CT molecular complexity index is 470. The molecule has 2 aliphatic rings. The first-order valence-electron chi connectivity index (χ1n) is 8.27. The molecule has 1 aromatic rings. The molecule has 0 saturated heterocycles. The monoisotopic (exact) mass is 289 g/mol. The molecule has 2 atom stereocenters. The van der Waals surface area contributed by atoms with E-state index < -0.39 is 0 Å². The zero-order chi connectivity index (χ0) is 14.7. The van der Waals surface area contributed by atoms with Crippen molar-refractivity contribution in [1.82, 2.24) is 5.32 Å². The number of methoxy groups -OCH3 is 2. The SMILES string of the molecule is COc1ccc(C2CCCCC2CNC2CC2)cc1OC. The van der Waals surface area contributed by atoms with Gasteiger partial charge in [0.1, 0.15) is 0 Å². The molecule has 2 saturated carbocycles. The van der Waals surface area contributed by atoms with E-state index in [9.17, 15) is 0 Å². The van der Waals surface area contributed by atoms with Crippen molar-refractivity contribution in [3.05, 3.63) is 23.8 Å². The minimum absolute atomic E-state index is 0.657. The van der Waals surface area contributed by atoms with Crippen LogP contribution < -0.4 is 14.8 Å². The lowest BCUT2D eigenvalue weighted by molar-refractivity contribution is 0.293. The van der Waals surface area contributed by atoms with Crippen LogP contribution in [-0.2, 0) is 0 Å². The molecule has 3 rings (SSSR count). The zero-order valence-electron chi connectivity index (χ0n) is 13.2. The molecule has 0 bridgehead atoms. The maximum absolute atomic E-state index is 5.47. The fraction of sp³-hybridized carbons (Fsp3) is 0.667. The molecule has 1 N–H and O–H groups in total. The highest BCUT2D eigenvalue weighted by atomic mass is 16.5. The van der Waals surface area contributed by atoms with Gasteiger partial charge in [0.2, 0.25) is 0 Å². The summed E-state index contributed by atoms with van der Waals surface area (Å²) >= 11 is 0. The van der Waals surface area contributed by atoms with Crippen molar-refractivity contribution >= 4 is 0 Å². The molecule has 3 nitrogen and oxygen atoms in total. The van der Waals surface area contributed by atoms with Crippen LogP contribution in [0.5, 0.6) is 11.5 Å². The molecule has 2 fully saturated rings. The van der Waals surface area contributed by atoms with Gasteiger partial charge in [0.25, 0.3) is 0 Å². The third kappa shape index (κ3) is 3.52. The van der Waals surface area contributed by atoms with Crippen LogP contribution in [-0.4, -0.2) is 26.8 Å². The Morgan fingerprint density at radius 3 is 2.48 bits per heavy atom. The predicted molar refractivity (Wildman–Crippen MR) is 85.3 cm³/mol. The van der Waals surface area contributed by atoms with Crippen LogP contribution in [0.25, 0.3) is 0 Å². The minimum Gasteiger partial charge on any atom is -0.493 e. The van der Waals surface area contributed by atoms with Crippen LogP contribution in [0.1, 0.15) is 50.0 Å². The number of benzene rings is 1. The van der Waals surface area contributed by atoms with E-state index in [1.807, 2.05) is 6.07 Å². The number of hydrogen-bond acceptors (Lipinski definition) is 3. The molecule has 0 radical (unpaired) electrons. The molecule has 0 spiro atoms. The van der Waals surface area contributed by atoms with E-state index in [1.54, 1.807) is 14.2 Å². The van der Waals surface area contributed by atoms with Gasteiger partial charge in [-0.15, -0.1) is 0 Å². The third-order valence-corrected chi connectivity index (χ3v) is 4.99. The van der Waals surface area contributed by atoms with Gasteiger partial charge in [0, 0.05) is 6.04 Å². The van der Waals surface area contributed by atoms with Crippen LogP contribution in [0.3, 0.4) is 0 Å². The summed E-state index contributed by atoms with van der Waals surface area (Å²) in [5.41, 5.74) is 1.41. The standard InChI is InChI=1S/C18H27NO2/c1-20-17-10-7-13(11-18(17)21-2)16-6-4-3-5-14(16)12-19-15-8-9-15/h7,10-11,14-16,19H,3-6,8-9,12H2,1-2H3. The Kier molecular flexibility index (Phi) is 4.69. The molecule has 2 aliphatic carbocycles. The average molecular weight is 289 g/mol. The Labute approximate surface area is 128 Å². The molecule has 2 unspecified atom stereocenters. The smallest absolute Gasteiger partial charge is 0.160 e. The van der Waals surface area contributed by atoms with Crippen LogP contribution in [0, 0.1) is 5.92 Å². The van der Waals surface area contributed by atoms with Gasteiger partial charge >= 0.3 is 0 Å². The molecular formula is C18H27NO2. The fourth-order valence-electron chi connectivity index (χ4n) is 3.58. The molecule has 0 aliphatic heterocycles. The summed E-state index contributed by atoms with van der Waals surface area (Å²) in [6, 6.07) is 7.26. The first-order valence-corrected chi connectivity index (χ1v) is 8.27. The molecule has 0 heterocycles. The molecule has 116 valence electrons. The lowest BCUT2D eigenvalue weighted by Gasteiger charge is -2.32. The Hall–Kier alpha value is -1.22. The van der Waals surface area contributed by atoms with Crippen molar-refractivity contribution in [2.24, 2.45) is 5.92 Å².